The number of ether oxygens (including phenoxy) is 4. The number of aryl methyl sites for hydroxylation is 1. The fraction of sp³-hybridized carbons (Fsp3) is 0.517. The molecule has 1 fully saturated rings. The first-order valence-corrected chi connectivity index (χ1v) is 12.7. The minimum Gasteiger partial charge on any atom is -0.493 e. The highest BCUT2D eigenvalue weighted by atomic mass is 16.5. The second kappa shape index (κ2) is 10.1. The predicted molar refractivity (Wildman–Crippen MR) is 143 cm³/mol. The summed E-state index contributed by atoms with van der Waals surface area (Å²) in [7, 11) is 6.14. The number of carbonyl (C=O) groups excluding carboxylic acids is 1. The van der Waals surface area contributed by atoms with Gasteiger partial charge in [-0.3, -0.25) is 9.59 Å². The summed E-state index contributed by atoms with van der Waals surface area (Å²) in [4.78, 5) is 26.8. The van der Waals surface area contributed by atoms with Crippen molar-refractivity contribution in [3.05, 3.63) is 45.6 Å². The van der Waals surface area contributed by atoms with Gasteiger partial charge in [-0.1, -0.05) is 6.07 Å². The molecule has 9 nitrogen and oxygen atoms in total. The van der Waals surface area contributed by atoms with Crippen LogP contribution in [0.15, 0.2) is 29.1 Å². The predicted octanol–water partition coefficient (Wildman–Crippen LogP) is 4.12. The normalized spacial score (nSPS) is 21.5. The Hall–Kier alpha value is -3.30. The van der Waals surface area contributed by atoms with Crippen molar-refractivity contribution in [2.24, 2.45) is 5.92 Å². The fourth-order valence-electron chi connectivity index (χ4n) is 6.07. The monoisotopic (exact) mass is 526 g/mol. The molecule has 0 saturated carbocycles. The molecule has 1 amide bonds. The highest BCUT2D eigenvalue weighted by molar-refractivity contribution is 5.85. The molecule has 0 aromatic heterocycles. The molecule has 9 heteroatoms. The van der Waals surface area contributed by atoms with Gasteiger partial charge in [0.05, 0.1) is 45.9 Å². The van der Waals surface area contributed by atoms with Crippen molar-refractivity contribution in [2.75, 3.05) is 28.4 Å². The van der Waals surface area contributed by atoms with E-state index in [9.17, 15) is 14.8 Å². The Kier molecular flexibility index (Phi) is 7.38. The van der Waals surface area contributed by atoms with Crippen molar-refractivity contribution < 1.29 is 28.9 Å². The van der Waals surface area contributed by atoms with E-state index in [1.807, 2.05) is 39.8 Å². The molecule has 206 valence electrons. The summed E-state index contributed by atoms with van der Waals surface area (Å²) in [6, 6.07) is 6.44. The number of nitrogens with zero attached hydrogens (tertiary/aromatic N) is 1. The Morgan fingerprint density at radius 1 is 0.974 bits per heavy atom. The third-order valence-corrected chi connectivity index (χ3v) is 8.03. The van der Waals surface area contributed by atoms with E-state index in [1.54, 1.807) is 27.4 Å². The maximum absolute atomic E-state index is 13.8. The number of amides is 1. The third kappa shape index (κ3) is 4.47. The molecule has 2 atom stereocenters. The first kappa shape index (κ1) is 27.7. The lowest BCUT2D eigenvalue weighted by Crippen LogP contribution is -2.50. The Morgan fingerprint density at radius 2 is 1.63 bits per heavy atom. The largest absolute Gasteiger partial charge is 0.493 e. The van der Waals surface area contributed by atoms with Gasteiger partial charge in [0.25, 0.3) is 0 Å². The molecular formula is C29H38N2O7. The third-order valence-electron chi connectivity index (χ3n) is 8.03. The van der Waals surface area contributed by atoms with Crippen LogP contribution in [0, 0.1) is 5.92 Å². The summed E-state index contributed by atoms with van der Waals surface area (Å²) in [5, 5.41) is 15.3. The molecule has 2 aliphatic rings. The topological polar surface area (TPSA) is 107 Å². The molecule has 0 radical (unpaired) electrons. The number of benzene rings is 1. The molecule has 2 aromatic carbocycles. The van der Waals surface area contributed by atoms with Gasteiger partial charge in [-0.25, -0.2) is 0 Å². The van der Waals surface area contributed by atoms with E-state index in [0.717, 1.165) is 16.7 Å². The van der Waals surface area contributed by atoms with Gasteiger partial charge >= 0.3 is 0 Å². The summed E-state index contributed by atoms with van der Waals surface area (Å²) in [5.74, 6) is 1.04. The number of hydrogen-bond donors (Lipinski definition) is 2. The second-order valence-corrected chi connectivity index (χ2v) is 11.1. The number of nitrogens with one attached hydrogen (secondary N) is 1. The zero-order valence-electron chi connectivity index (χ0n) is 23.4. The van der Waals surface area contributed by atoms with Crippen LogP contribution in [0.3, 0.4) is 0 Å². The average molecular weight is 527 g/mol. The van der Waals surface area contributed by atoms with E-state index >= 15 is 0 Å². The quantitative estimate of drug-likeness (QED) is 0.579. The summed E-state index contributed by atoms with van der Waals surface area (Å²) in [5.41, 5.74) is 1.51. The molecule has 4 rings (SSSR count). The van der Waals surface area contributed by atoms with Crippen molar-refractivity contribution >= 4 is 5.91 Å². The number of fused-ring (bicyclic) bond motifs is 3. The summed E-state index contributed by atoms with van der Waals surface area (Å²) < 4.78 is 22.4. The number of methoxy groups -OCH3 is 4. The SMILES string of the molecule is COc1cc2c(c(OC)c1OC)-c1ccc(OC)c(=O)cc1[C@@H](NC(=O)[C@@H]1CC(C)(C)N(O)C1(C)C)CC2. The lowest BCUT2D eigenvalue weighted by atomic mass is 9.85. The van der Waals surface area contributed by atoms with Gasteiger partial charge in [-0.05, 0) is 81.8 Å². The number of carbonyl (C=O) groups is 1. The van der Waals surface area contributed by atoms with Gasteiger partial charge in [0.15, 0.2) is 17.2 Å². The second-order valence-electron chi connectivity index (χ2n) is 11.1. The lowest BCUT2D eigenvalue weighted by Gasteiger charge is -2.35. The highest BCUT2D eigenvalue weighted by Crippen LogP contribution is 2.50. The van der Waals surface area contributed by atoms with Gasteiger partial charge < -0.3 is 29.5 Å². The van der Waals surface area contributed by atoms with Crippen molar-refractivity contribution in [3.8, 4) is 34.1 Å². The minimum absolute atomic E-state index is 0.172. The van der Waals surface area contributed by atoms with Crippen molar-refractivity contribution in [3.63, 3.8) is 0 Å². The smallest absolute Gasteiger partial charge is 0.225 e. The van der Waals surface area contributed by atoms with Gasteiger partial charge in [0, 0.05) is 11.1 Å². The van der Waals surface area contributed by atoms with Crippen LogP contribution in [0.1, 0.15) is 57.7 Å². The minimum atomic E-state index is -0.762. The van der Waals surface area contributed by atoms with Crippen molar-refractivity contribution in [1.82, 2.24) is 10.4 Å². The molecule has 0 spiro atoms. The Bertz CT molecular complexity index is 1300. The molecule has 1 heterocycles. The molecule has 2 aromatic rings. The van der Waals surface area contributed by atoms with Crippen LogP contribution in [0.25, 0.3) is 11.1 Å². The summed E-state index contributed by atoms with van der Waals surface area (Å²) in [6.07, 6.45) is 1.62. The van der Waals surface area contributed by atoms with Crippen LogP contribution in [0.2, 0.25) is 0 Å². The van der Waals surface area contributed by atoms with E-state index in [1.165, 1.54) is 18.2 Å². The van der Waals surface area contributed by atoms with Crippen LogP contribution in [0.5, 0.6) is 23.0 Å². The maximum atomic E-state index is 13.8. The molecule has 0 unspecified atom stereocenters. The van der Waals surface area contributed by atoms with Gasteiger partial charge in [-0.15, -0.1) is 0 Å². The Balaban J connectivity index is 1.88. The summed E-state index contributed by atoms with van der Waals surface area (Å²) >= 11 is 0. The highest BCUT2D eigenvalue weighted by Gasteiger charge is 2.54. The first-order chi connectivity index (χ1) is 17.9. The number of rotatable bonds is 6. The van der Waals surface area contributed by atoms with E-state index < -0.39 is 23.0 Å². The van der Waals surface area contributed by atoms with Crippen molar-refractivity contribution in [1.29, 1.82) is 0 Å². The van der Waals surface area contributed by atoms with Crippen molar-refractivity contribution in [2.45, 2.75) is 64.1 Å². The van der Waals surface area contributed by atoms with Gasteiger partial charge in [-0.2, -0.15) is 5.06 Å². The molecule has 2 N–H and O–H groups in total. The lowest BCUT2D eigenvalue weighted by molar-refractivity contribution is -0.197. The Morgan fingerprint density at radius 3 is 2.18 bits per heavy atom. The van der Waals surface area contributed by atoms with E-state index in [4.69, 9.17) is 18.9 Å². The van der Waals surface area contributed by atoms with Crippen LogP contribution in [-0.2, 0) is 11.2 Å². The molecule has 1 saturated heterocycles. The van der Waals surface area contributed by atoms with Crippen LogP contribution in [-0.4, -0.2) is 55.7 Å². The standard InChI is InChI=1S/C29H38N2O7/c1-28(2)15-19(29(3,4)31(28)34)27(33)30-20-11-9-16-13-23(36-6)25(37-7)26(38-8)24(16)17-10-12-22(35-5)21(32)14-18(17)20/h10,12-14,19-20,34H,9,11,15H2,1-8H3,(H,30,33)/t19-,20-/m0/s1. The maximum Gasteiger partial charge on any atom is 0.225 e. The molecular weight excluding hydrogens is 488 g/mol. The van der Waals surface area contributed by atoms with Gasteiger partial charge in [0.2, 0.25) is 17.1 Å². The molecule has 38 heavy (non-hydrogen) atoms. The number of hydroxylamine groups is 2. The van der Waals surface area contributed by atoms with E-state index in [0.29, 0.717) is 42.1 Å². The molecule has 0 bridgehead atoms. The molecule has 1 aliphatic carbocycles. The Labute approximate surface area is 223 Å². The average Bonchev–Trinajstić information content (AvgIpc) is 3.03. The summed E-state index contributed by atoms with van der Waals surface area (Å²) in [6.45, 7) is 7.57. The zero-order chi connectivity index (χ0) is 28.0. The van der Waals surface area contributed by atoms with Crippen LogP contribution < -0.4 is 29.7 Å². The van der Waals surface area contributed by atoms with Gasteiger partial charge in [0.1, 0.15) is 0 Å². The van der Waals surface area contributed by atoms with E-state index in [-0.39, 0.29) is 17.1 Å². The number of hydrogen-bond acceptors (Lipinski definition) is 8. The molecule has 1 aliphatic heterocycles. The van der Waals surface area contributed by atoms with Crippen LogP contribution in [0.4, 0.5) is 0 Å². The van der Waals surface area contributed by atoms with Crippen LogP contribution >= 0.6 is 0 Å². The van der Waals surface area contributed by atoms with E-state index in [2.05, 4.69) is 5.32 Å². The first-order valence-electron chi connectivity index (χ1n) is 12.7. The fourth-order valence-corrected chi connectivity index (χ4v) is 6.07. The zero-order valence-corrected chi connectivity index (χ0v) is 23.4.